The summed E-state index contributed by atoms with van der Waals surface area (Å²) in [5.74, 6) is -0.686. The second-order valence-corrected chi connectivity index (χ2v) is 7.50. The number of ether oxygens (including phenoxy) is 1. The zero-order valence-electron chi connectivity index (χ0n) is 16.9. The molecule has 1 amide bonds. The molecule has 0 aliphatic rings. The number of aromatic hydroxyl groups is 1. The molecule has 5 nitrogen and oxygen atoms in total. The lowest BCUT2D eigenvalue weighted by Crippen LogP contribution is -2.32. The highest BCUT2D eigenvalue weighted by Crippen LogP contribution is 2.28. The summed E-state index contributed by atoms with van der Waals surface area (Å²) in [5, 5.41) is 10.6. The molecule has 3 aromatic rings. The third kappa shape index (κ3) is 6.20. The number of phenolic OH excluding ortho intramolecular Hbond substituents is 1. The molecule has 3 aromatic carbocycles. The van der Waals surface area contributed by atoms with Gasteiger partial charge < -0.3 is 20.5 Å². The van der Waals surface area contributed by atoms with Gasteiger partial charge in [0, 0.05) is 29.2 Å². The van der Waals surface area contributed by atoms with Gasteiger partial charge in [0.05, 0.1) is 0 Å². The van der Waals surface area contributed by atoms with Crippen LogP contribution in [0.1, 0.15) is 27.9 Å². The van der Waals surface area contributed by atoms with Gasteiger partial charge in [0.1, 0.15) is 12.4 Å². The fourth-order valence-electron chi connectivity index (χ4n) is 3.08. The van der Waals surface area contributed by atoms with Crippen molar-refractivity contribution in [2.24, 2.45) is 5.73 Å². The van der Waals surface area contributed by atoms with Crippen LogP contribution in [-0.2, 0) is 13.2 Å². The van der Waals surface area contributed by atoms with E-state index in [2.05, 4.69) is 0 Å². The van der Waals surface area contributed by atoms with Crippen molar-refractivity contribution >= 4 is 17.5 Å². The highest BCUT2D eigenvalue weighted by molar-refractivity contribution is 6.30. The van der Waals surface area contributed by atoms with E-state index in [4.69, 9.17) is 22.1 Å². The largest absolute Gasteiger partial charge is 0.504 e. The molecule has 3 rings (SSSR count). The van der Waals surface area contributed by atoms with E-state index in [-0.39, 0.29) is 34.5 Å². The second kappa shape index (κ2) is 10.8. The van der Waals surface area contributed by atoms with E-state index in [1.165, 1.54) is 17.0 Å². The number of phenols is 1. The van der Waals surface area contributed by atoms with Gasteiger partial charge in [0.25, 0.3) is 5.91 Å². The molecule has 0 aliphatic heterocycles. The SMILES string of the molecule is NCCCN(Cc1ccc(Cl)cc1F)C(=O)c1ccc(OCc2ccccc2)c(O)c1. The van der Waals surface area contributed by atoms with Crippen molar-refractivity contribution in [3.8, 4) is 11.5 Å². The van der Waals surface area contributed by atoms with Gasteiger partial charge in [-0.15, -0.1) is 0 Å². The number of rotatable bonds is 9. The van der Waals surface area contributed by atoms with Crippen molar-refractivity contribution in [1.82, 2.24) is 4.90 Å². The van der Waals surface area contributed by atoms with Crippen LogP contribution in [0.15, 0.2) is 66.7 Å². The molecule has 0 aromatic heterocycles. The van der Waals surface area contributed by atoms with E-state index in [0.29, 0.717) is 31.7 Å². The predicted molar refractivity (Wildman–Crippen MR) is 119 cm³/mol. The van der Waals surface area contributed by atoms with E-state index in [9.17, 15) is 14.3 Å². The lowest BCUT2D eigenvalue weighted by Gasteiger charge is -2.23. The standard InChI is InChI=1S/C24H24ClFN2O3/c25-20-9-7-19(21(26)14-20)15-28(12-4-11-27)24(30)18-8-10-23(22(29)13-18)31-16-17-5-2-1-3-6-17/h1-3,5-10,13-14,29H,4,11-12,15-16,27H2. The van der Waals surface area contributed by atoms with Gasteiger partial charge >= 0.3 is 0 Å². The molecular formula is C24H24ClFN2O3. The van der Waals surface area contributed by atoms with E-state index >= 15 is 0 Å². The van der Waals surface area contributed by atoms with Crippen LogP contribution in [0.4, 0.5) is 4.39 Å². The zero-order chi connectivity index (χ0) is 22.2. The van der Waals surface area contributed by atoms with Gasteiger partial charge in [-0.3, -0.25) is 4.79 Å². The predicted octanol–water partition coefficient (Wildman–Crippen LogP) is 4.75. The first-order valence-corrected chi connectivity index (χ1v) is 10.3. The number of nitrogens with two attached hydrogens (primary N) is 1. The molecule has 7 heteroatoms. The van der Waals surface area contributed by atoms with Crippen LogP contribution in [0, 0.1) is 5.82 Å². The van der Waals surface area contributed by atoms with Crippen molar-refractivity contribution in [3.63, 3.8) is 0 Å². The fourth-order valence-corrected chi connectivity index (χ4v) is 3.24. The van der Waals surface area contributed by atoms with Gasteiger partial charge in [0.15, 0.2) is 11.5 Å². The van der Waals surface area contributed by atoms with Crippen LogP contribution in [0.25, 0.3) is 0 Å². The summed E-state index contributed by atoms with van der Waals surface area (Å²) < 4.78 is 19.9. The normalized spacial score (nSPS) is 10.7. The summed E-state index contributed by atoms with van der Waals surface area (Å²) in [7, 11) is 0. The second-order valence-electron chi connectivity index (χ2n) is 7.06. The first-order chi connectivity index (χ1) is 15.0. The minimum absolute atomic E-state index is 0.0643. The van der Waals surface area contributed by atoms with Crippen molar-refractivity contribution in [1.29, 1.82) is 0 Å². The lowest BCUT2D eigenvalue weighted by molar-refractivity contribution is 0.0740. The molecule has 0 fully saturated rings. The van der Waals surface area contributed by atoms with Crippen LogP contribution in [0.2, 0.25) is 5.02 Å². The van der Waals surface area contributed by atoms with Gasteiger partial charge in [-0.25, -0.2) is 4.39 Å². The Bertz CT molecular complexity index is 1030. The van der Waals surface area contributed by atoms with Crippen LogP contribution in [0.3, 0.4) is 0 Å². The zero-order valence-corrected chi connectivity index (χ0v) is 17.7. The smallest absolute Gasteiger partial charge is 0.254 e. The number of hydrogen-bond donors (Lipinski definition) is 2. The Hall–Kier alpha value is -3.09. The first-order valence-electron chi connectivity index (χ1n) is 9.91. The summed E-state index contributed by atoms with van der Waals surface area (Å²) in [4.78, 5) is 14.6. The Kier molecular flexibility index (Phi) is 7.87. The Balaban J connectivity index is 1.74. The maximum Gasteiger partial charge on any atom is 0.254 e. The van der Waals surface area contributed by atoms with Crippen LogP contribution in [0.5, 0.6) is 11.5 Å². The summed E-state index contributed by atoms with van der Waals surface area (Å²) >= 11 is 5.82. The first kappa shape index (κ1) is 22.6. The number of amides is 1. The lowest BCUT2D eigenvalue weighted by atomic mass is 10.1. The number of nitrogens with zero attached hydrogens (tertiary/aromatic N) is 1. The molecular weight excluding hydrogens is 419 g/mol. The van der Waals surface area contributed by atoms with Crippen LogP contribution < -0.4 is 10.5 Å². The Morgan fingerprint density at radius 3 is 2.55 bits per heavy atom. The third-order valence-corrected chi connectivity index (χ3v) is 4.97. The fraction of sp³-hybridized carbons (Fsp3) is 0.208. The van der Waals surface area contributed by atoms with E-state index in [1.54, 1.807) is 24.3 Å². The molecule has 162 valence electrons. The van der Waals surface area contributed by atoms with Gasteiger partial charge in [-0.05, 0) is 48.9 Å². The average Bonchev–Trinajstić information content (AvgIpc) is 2.77. The highest BCUT2D eigenvalue weighted by Gasteiger charge is 2.19. The molecule has 0 atom stereocenters. The Labute approximate surface area is 185 Å². The minimum Gasteiger partial charge on any atom is -0.504 e. The third-order valence-electron chi connectivity index (χ3n) is 4.74. The highest BCUT2D eigenvalue weighted by atomic mass is 35.5. The van der Waals surface area contributed by atoms with Gasteiger partial charge in [0.2, 0.25) is 0 Å². The summed E-state index contributed by atoms with van der Waals surface area (Å²) in [6.07, 6.45) is 0.561. The maximum atomic E-state index is 14.2. The Morgan fingerprint density at radius 2 is 1.87 bits per heavy atom. The molecule has 0 heterocycles. The molecule has 0 aliphatic carbocycles. The number of halogens is 2. The van der Waals surface area contributed by atoms with E-state index in [0.717, 1.165) is 5.56 Å². The van der Waals surface area contributed by atoms with Gasteiger partial charge in [-0.1, -0.05) is 48.0 Å². The summed E-state index contributed by atoms with van der Waals surface area (Å²) in [6.45, 7) is 1.10. The number of carbonyl (C=O) groups excluding carboxylic acids is 1. The number of benzene rings is 3. The van der Waals surface area contributed by atoms with E-state index in [1.807, 2.05) is 30.3 Å². The van der Waals surface area contributed by atoms with E-state index < -0.39 is 5.82 Å². The average molecular weight is 443 g/mol. The van der Waals surface area contributed by atoms with Crippen molar-refractivity contribution in [3.05, 3.63) is 94.3 Å². The minimum atomic E-state index is -0.481. The maximum absolute atomic E-state index is 14.2. The quantitative estimate of drug-likeness (QED) is 0.501. The van der Waals surface area contributed by atoms with Crippen molar-refractivity contribution < 1.29 is 19.0 Å². The van der Waals surface area contributed by atoms with Crippen LogP contribution in [-0.4, -0.2) is 29.0 Å². The molecule has 3 N–H and O–H groups in total. The monoisotopic (exact) mass is 442 g/mol. The van der Waals surface area contributed by atoms with Crippen LogP contribution >= 0.6 is 11.6 Å². The molecule has 0 bridgehead atoms. The molecule has 0 radical (unpaired) electrons. The van der Waals surface area contributed by atoms with Gasteiger partial charge in [-0.2, -0.15) is 0 Å². The molecule has 0 saturated heterocycles. The molecule has 0 spiro atoms. The molecule has 31 heavy (non-hydrogen) atoms. The molecule has 0 saturated carbocycles. The Morgan fingerprint density at radius 1 is 1.10 bits per heavy atom. The molecule has 0 unspecified atom stereocenters. The summed E-state index contributed by atoms with van der Waals surface area (Å²) in [5.41, 5.74) is 7.18. The number of carbonyl (C=O) groups is 1. The number of hydrogen-bond acceptors (Lipinski definition) is 4. The van der Waals surface area contributed by atoms with Crippen molar-refractivity contribution in [2.45, 2.75) is 19.6 Å². The summed E-state index contributed by atoms with van der Waals surface area (Å²) in [6, 6.07) is 18.4. The van der Waals surface area contributed by atoms with Crippen molar-refractivity contribution in [2.75, 3.05) is 13.1 Å². The topological polar surface area (TPSA) is 75.8 Å².